The zero-order chi connectivity index (χ0) is 12.2. The Kier molecular flexibility index (Phi) is 4.03. The second kappa shape index (κ2) is 5.09. The van der Waals surface area contributed by atoms with Crippen LogP contribution in [0, 0.1) is 0 Å². The van der Waals surface area contributed by atoms with E-state index in [2.05, 4.69) is 4.74 Å². The molecule has 88 valence electrons. The SMILES string of the molecule is CS(=O)(=O)c1ccc(C(=O)OCCO)cc1. The fourth-order valence-corrected chi connectivity index (χ4v) is 1.69. The Labute approximate surface area is 93.6 Å². The number of sulfone groups is 1. The first-order valence-corrected chi connectivity index (χ1v) is 6.42. The van der Waals surface area contributed by atoms with Gasteiger partial charge in [-0.1, -0.05) is 0 Å². The van der Waals surface area contributed by atoms with Crippen LogP contribution in [0.5, 0.6) is 0 Å². The lowest BCUT2D eigenvalue weighted by Gasteiger charge is -2.03. The molecule has 1 aromatic rings. The maximum atomic E-state index is 11.3. The van der Waals surface area contributed by atoms with Crippen molar-refractivity contribution in [3.8, 4) is 0 Å². The van der Waals surface area contributed by atoms with Crippen molar-refractivity contribution in [2.75, 3.05) is 19.5 Å². The summed E-state index contributed by atoms with van der Waals surface area (Å²) in [5, 5.41) is 8.46. The van der Waals surface area contributed by atoms with Crippen LogP contribution in [-0.4, -0.2) is 39.0 Å². The Morgan fingerprint density at radius 1 is 1.31 bits per heavy atom. The van der Waals surface area contributed by atoms with Gasteiger partial charge in [-0.3, -0.25) is 0 Å². The molecule has 0 radical (unpaired) electrons. The number of hydrogen-bond donors (Lipinski definition) is 1. The molecule has 0 saturated heterocycles. The molecule has 0 fully saturated rings. The average molecular weight is 244 g/mol. The van der Waals surface area contributed by atoms with Crippen molar-refractivity contribution in [3.63, 3.8) is 0 Å². The van der Waals surface area contributed by atoms with Crippen LogP contribution in [0.1, 0.15) is 10.4 Å². The zero-order valence-corrected chi connectivity index (χ0v) is 9.53. The van der Waals surface area contributed by atoms with Gasteiger partial charge in [0.1, 0.15) is 6.61 Å². The molecular weight excluding hydrogens is 232 g/mol. The maximum Gasteiger partial charge on any atom is 0.338 e. The molecule has 1 aromatic carbocycles. The van der Waals surface area contributed by atoms with Crippen molar-refractivity contribution in [2.45, 2.75) is 4.90 Å². The van der Waals surface area contributed by atoms with Crippen LogP contribution in [0.15, 0.2) is 29.2 Å². The largest absolute Gasteiger partial charge is 0.460 e. The van der Waals surface area contributed by atoms with Crippen molar-refractivity contribution >= 4 is 15.8 Å². The van der Waals surface area contributed by atoms with Gasteiger partial charge in [0, 0.05) is 6.26 Å². The molecule has 16 heavy (non-hydrogen) atoms. The molecule has 0 saturated carbocycles. The smallest absolute Gasteiger partial charge is 0.338 e. The zero-order valence-electron chi connectivity index (χ0n) is 8.71. The highest BCUT2D eigenvalue weighted by Gasteiger charge is 2.10. The van der Waals surface area contributed by atoms with Gasteiger partial charge in [-0.25, -0.2) is 13.2 Å². The summed E-state index contributed by atoms with van der Waals surface area (Å²) in [5.74, 6) is -0.589. The van der Waals surface area contributed by atoms with Gasteiger partial charge in [0.05, 0.1) is 17.1 Å². The minimum absolute atomic E-state index is 0.0767. The Bertz CT molecular complexity index is 460. The first-order chi connectivity index (χ1) is 7.45. The van der Waals surface area contributed by atoms with Crippen LogP contribution in [0.25, 0.3) is 0 Å². The second-order valence-corrected chi connectivity index (χ2v) is 5.17. The molecule has 0 bridgehead atoms. The molecule has 1 rings (SSSR count). The van der Waals surface area contributed by atoms with Crippen molar-refractivity contribution in [1.29, 1.82) is 0 Å². The number of esters is 1. The van der Waals surface area contributed by atoms with Crippen LogP contribution >= 0.6 is 0 Å². The number of hydrogen-bond acceptors (Lipinski definition) is 5. The van der Waals surface area contributed by atoms with E-state index >= 15 is 0 Å². The minimum Gasteiger partial charge on any atom is -0.460 e. The predicted molar refractivity (Wildman–Crippen MR) is 56.9 cm³/mol. The molecule has 0 aliphatic heterocycles. The van der Waals surface area contributed by atoms with Crippen LogP contribution < -0.4 is 0 Å². The van der Waals surface area contributed by atoms with Crippen LogP contribution in [0.2, 0.25) is 0 Å². The third-order valence-corrected chi connectivity index (χ3v) is 2.97. The monoisotopic (exact) mass is 244 g/mol. The fraction of sp³-hybridized carbons (Fsp3) is 0.300. The average Bonchev–Trinajstić information content (AvgIpc) is 2.25. The summed E-state index contributed by atoms with van der Waals surface area (Å²) in [4.78, 5) is 11.4. The first kappa shape index (κ1) is 12.7. The molecule has 0 aliphatic rings. The van der Waals surface area contributed by atoms with Gasteiger partial charge < -0.3 is 9.84 Å². The van der Waals surface area contributed by atoms with E-state index in [0.717, 1.165) is 6.26 Å². The first-order valence-electron chi connectivity index (χ1n) is 4.53. The second-order valence-electron chi connectivity index (χ2n) is 3.16. The molecule has 0 amide bonds. The molecule has 0 atom stereocenters. The van der Waals surface area contributed by atoms with Crippen molar-refractivity contribution in [3.05, 3.63) is 29.8 Å². The summed E-state index contributed by atoms with van der Waals surface area (Å²) in [6.07, 6.45) is 1.09. The molecule has 1 N–H and O–H groups in total. The Morgan fingerprint density at radius 2 is 1.88 bits per heavy atom. The minimum atomic E-state index is -3.25. The number of aliphatic hydroxyl groups excluding tert-OH is 1. The summed E-state index contributed by atoms with van der Waals surface area (Å²) in [6.45, 7) is -0.320. The topological polar surface area (TPSA) is 80.7 Å². The summed E-state index contributed by atoms with van der Waals surface area (Å²) in [7, 11) is -3.25. The quantitative estimate of drug-likeness (QED) is 0.767. The van der Waals surface area contributed by atoms with E-state index in [1.165, 1.54) is 24.3 Å². The molecule has 0 heterocycles. The Balaban J connectivity index is 2.83. The molecule has 0 aliphatic carbocycles. The molecule has 0 unspecified atom stereocenters. The lowest BCUT2D eigenvalue weighted by atomic mass is 10.2. The molecular formula is C10H12O5S. The number of benzene rings is 1. The summed E-state index contributed by atoms with van der Waals surface area (Å²) < 4.78 is 26.9. The van der Waals surface area contributed by atoms with Gasteiger partial charge >= 0.3 is 5.97 Å². The van der Waals surface area contributed by atoms with Gasteiger partial charge in [-0.2, -0.15) is 0 Å². The highest BCUT2D eigenvalue weighted by atomic mass is 32.2. The normalized spacial score (nSPS) is 11.1. The number of rotatable bonds is 4. The summed E-state index contributed by atoms with van der Waals surface area (Å²) in [5.41, 5.74) is 0.251. The Morgan fingerprint density at radius 3 is 2.31 bits per heavy atom. The third-order valence-electron chi connectivity index (χ3n) is 1.84. The van der Waals surface area contributed by atoms with Crippen molar-refractivity contribution < 1.29 is 23.1 Å². The van der Waals surface area contributed by atoms with Crippen molar-refractivity contribution in [1.82, 2.24) is 0 Å². The highest BCUT2D eigenvalue weighted by Crippen LogP contribution is 2.10. The van der Waals surface area contributed by atoms with Gasteiger partial charge in [0.2, 0.25) is 0 Å². The van der Waals surface area contributed by atoms with E-state index in [1.54, 1.807) is 0 Å². The molecule has 6 heteroatoms. The van der Waals surface area contributed by atoms with E-state index in [-0.39, 0.29) is 23.7 Å². The van der Waals surface area contributed by atoms with E-state index in [0.29, 0.717) is 0 Å². The van der Waals surface area contributed by atoms with E-state index in [1.807, 2.05) is 0 Å². The van der Waals surface area contributed by atoms with Crippen LogP contribution in [0.4, 0.5) is 0 Å². The van der Waals surface area contributed by atoms with Crippen LogP contribution in [0.3, 0.4) is 0 Å². The lowest BCUT2D eigenvalue weighted by molar-refractivity contribution is 0.0433. The number of ether oxygens (including phenoxy) is 1. The molecule has 0 aromatic heterocycles. The predicted octanol–water partition coefficient (Wildman–Crippen LogP) is 0.239. The standard InChI is InChI=1S/C10H12O5S/c1-16(13,14)9-4-2-8(3-5-9)10(12)15-7-6-11/h2-5,11H,6-7H2,1H3. The number of carbonyl (C=O) groups excluding carboxylic acids is 1. The van der Waals surface area contributed by atoms with E-state index in [4.69, 9.17) is 5.11 Å². The van der Waals surface area contributed by atoms with E-state index < -0.39 is 15.8 Å². The summed E-state index contributed by atoms with van der Waals surface area (Å²) >= 11 is 0. The molecule has 5 nitrogen and oxygen atoms in total. The number of carbonyl (C=O) groups is 1. The molecule has 0 spiro atoms. The van der Waals surface area contributed by atoms with E-state index in [9.17, 15) is 13.2 Å². The van der Waals surface area contributed by atoms with Gasteiger partial charge in [0.25, 0.3) is 0 Å². The van der Waals surface area contributed by atoms with Crippen molar-refractivity contribution in [2.24, 2.45) is 0 Å². The Hall–Kier alpha value is -1.40. The van der Waals surface area contributed by atoms with Crippen LogP contribution in [-0.2, 0) is 14.6 Å². The van der Waals surface area contributed by atoms with Gasteiger partial charge in [-0.05, 0) is 24.3 Å². The van der Waals surface area contributed by atoms with Gasteiger partial charge in [0.15, 0.2) is 9.84 Å². The highest BCUT2D eigenvalue weighted by molar-refractivity contribution is 7.90. The number of aliphatic hydroxyl groups is 1. The summed E-state index contributed by atoms with van der Waals surface area (Å²) in [6, 6.07) is 5.42. The lowest BCUT2D eigenvalue weighted by Crippen LogP contribution is -2.09. The van der Waals surface area contributed by atoms with Gasteiger partial charge in [-0.15, -0.1) is 0 Å². The fourth-order valence-electron chi connectivity index (χ4n) is 1.06. The maximum absolute atomic E-state index is 11.3. The third kappa shape index (κ3) is 3.32.